The van der Waals surface area contributed by atoms with Crippen LogP contribution < -0.4 is 11.1 Å². The first-order chi connectivity index (χ1) is 16.7. The fraction of sp³-hybridized carbons (Fsp3) is 0.304. The molecular weight excluding hydrogens is 486 g/mol. The van der Waals surface area contributed by atoms with Crippen molar-refractivity contribution in [2.75, 3.05) is 32.6 Å². The molecule has 4 rings (SSSR count). The van der Waals surface area contributed by atoms with Gasteiger partial charge in [-0.1, -0.05) is 24.1 Å². The molecule has 2 radical (unpaired) electrons. The molecule has 12 heteroatoms. The third-order valence-electron chi connectivity index (χ3n) is 5.86. The number of hydrogen-bond donors (Lipinski definition) is 3. The molecule has 1 aromatic carbocycles. The third-order valence-corrected chi connectivity index (χ3v) is 6.75. The molecule has 10 nitrogen and oxygen atoms in total. The Morgan fingerprint density at radius 1 is 1.49 bits per heavy atom. The van der Waals surface area contributed by atoms with Gasteiger partial charge in [-0.2, -0.15) is 5.10 Å². The molecule has 1 aliphatic rings. The van der Waals surface area contributed by atoms with Crippen LogP contribution in [0.2, 0.25) is 5.02 Å². The van der Waals surface area contributed by atoms with E-state index in [4.69, 9.17) is 22.1 Å². The molecule has 0 saturated carbocycles. The molecule has 3 heterocycles. The summed E-state index contributed by atoms with van der Waals surface area (Å²) in [7, 11) is 7.06. The van der Waals surface area contributed by atoms with Gasteiger partial charge in [0.1, 0.15) is 11.4 Å². The number of halogens is 1. The number of H-pyrrole nitrogens is 1. The van der Waals surface area contributed by atoms with Crippen molar-refractivity contribution in [3.63, 3.8) is 0 Å². The second-order valence-electron chi connectivity index (χ2n) is 8.12. The van der Waals surface area contributed by atoms with Crippen molar-refractivity contribution in [1.29, 1.82) is 0 Å². The number of primary amides is 1. The minimum absolute atomic E-state index is 0.133. The lowest BCUT2D eigenvalue weighted by molar-refractivity contribution is -0.127. The highest BCUT2D eigenvalue weighted by atomic mass is 35.5. The van der Waals surface area contributed by atoms with E-state index in [0.29, 0.717) is 34.9 Å². The van der Waals surface area contributed by atoms with Gasteiger partial charge in [-0.05, 0) is 30.6 Å². The molecule has 0 bridgehead atoms. The molecule has 0 unspecified atom stereocenters. The van der Waals surface area contributed by atoms with Crippen molar-refractivity contribution < 1.29 is 14.3 Å². The van der Waals surface area contributed by atoms with E-state index in [1.165, 1.54) is 6.08 Å². The van der Waals surface area contributed by atoms with Crippen molar-refractivity contribution in [2.24, 2.45) is 5.73 Å². The number of aromatic nitrogens is 4. The topological polar surface area (TPSA) is 131 Å². The van der Waals surface area contributed by atoms with E-state index in [1.54, 1.807) is 42.2 Å². The number of nitrogens with zero attached hydrogens (tertiary/aromatic N) is 4. The summed E-state index contributed by atoms with van der Waals surface area (Å²) in [4.78, 5) is 33.8. The van der Waals surface area contributed by atoms with Crippen LogP contribution in [0.4, 0.5) is 5.82 Å². The lowest BCUT2D eigenvalue weighted by Gasteiger charge is -2.39. The zero-order valence-corrected chi connectivity index (χ0v) is 20.9. The standard InChI is InChI=1S/C23H23ClN7O3Si/c1-4-19(32)30-11-23(35,9-14(30)10-34-3)31-22(26-2)20(21(25)33)16(29-31)6-5-13-7-17-18(8-15(13)24)28-12-27-17/h4,7-8,12,14,26H,1,9-11H2,2-3H3,(H2,25,33)(H,27,28)/q-1/t14-,23-/m1/s1. The van der Waals surface area contributed by atoms with Gasteiger partial charge >= 0.3 is 0 Å². The summed E-state index contributed by atoms with van der Waals surface area (Å²) in [5.41, 5.74) is 8.06. The largest absolute Gasteiger partial charge is 0.630 e. The minimum atomic E-state index is -0.850. The molecule has 180 valence electrons. The molecule has 1 aliphatic heterocycles. The highest BCUT2D eigenvalue weighted by molar-refractivity contribution is 6.32. The van der Waals surface area contributed by atoms with Gasteiger partial charge in [-0.3, -0.25) is 14.3 Å². The molecule has 2 aromatic heterocycles. The van der Waals surface area contributed by atoms with Gasteiger partial charge in [0.15, 0.2) is 5.69 Å². The van der Waals surface area contributed by atoms with Crippen molar-refractivity contribution in [3.05, 3.63) is 53.0 Å². The summed E-state index contributed by atoms with van der Waals surface area (Å²) in [6, 6.07) is 3.24. The molecule has 2 amide bonds. The number of aromatic amines is 1. The number of nitrogens with two attached hydrogens (primary N) is 1. The normalized spacial score (nSPS) is 19.4. The van der Waals surface area contributed by atoms with Crippen LogP contribution in [0.3, 0.4) is 0 Å². The average Bonchev–Trinajstić information content (AvgIpc) is 3.52. The summed E-state index contributed by atoms with van der Waals surface area (Å²) in [5.74, 6) is 5.37. The number of imidazole rings is 1. The highest BCUT2D eigenvalue weighted by Crippen LogP contribution is 2.35. The molecule has 0 spiro atoms. The quantitative estimate of drug-likeness (QED) is 0.260. The molecule has 1 saturated heterocycles. The number of carbonyl (C=O) groups is 2. The predicted octanol–water partition coefficient (Wildman–Crippen LogP) is 1.21. The third kappa shape index (κ3) is 4.43. The fourth-order valence-corrected chi connectivity index (χ4v) is 5.08. The zero-order chi connectivity index (χ0) is 25.3. The Morgan fingerprint density at radius 2 is 2.26 bits per heavy atom. The van der Waals surface area contributed by atoms with Crippen LogP contribution in [-0.2, 0) is 14.7 Å². The summed E-state index contributed by atoms with van der Waals surface area (Å²) in [6.45, 7) is 4.17. The van der Waals surface area contributed by atoms with Crippen molar-refractivity contribution in [1.82, 2.24) is 24.6 Å². The van der Waals surface area contributed by atoms with Gasteiger partial charge in [0, 0.05) is 26.3 Å². The lowest BCUT2D eigenvalue weighted by atomic mass is 10.1. The molecule has 2 atom stereocenters. The minimum Gasteiger partial charge on any atom is -0.630 e. The SMILES string of the molecule is C=CC(=O)N1C[C@@]([Si-])(n2nc(C#Cc3cc4[nH]cnc4cc3Cl)c(C(N)=O)c2NC)C[C@@H]1COC. The van der Waals surface area contributed by atoms with E-state index < -0.39 is 11.1 Å². The first-order valence-corrected chi connectivity index (χ1v) is 11.5. The predicted molar refractivity (Wildman–Crippen MR) is 133 cm³/mol. The number of nitrogens with one attached hydrogen (secondary N) is 2. The van der Waals surface area contributed by atoms with Crippen LogP contribution in [-0.4, -0.2) is 80.1 Å². The van der Waals surface area contributed by atoms with Crippen LogP contribution in [0, 0.1) is 11.8 Å². The van der Waals surface area contributed by atoms with E-state index in [2.05, 4.69) is 49.0 Å². The van der Waals surface area contributed by atoms with E-state index in [-0.39, 0.29) is 29.8 Å². The number of amides is 2. The Balaban J connectivity index is 1.80. The summed E-state index contributed by atoms with van der Waals surface area (Å²) in [6.07, 6.45) is 3.29. The Bertz CT molecular complexity index is 1390. The highest BCUT2D eigenvalue weighted by Gasteiger charge is 2.39. The summed E-state index contributed by atoms with van der Waals surface area (Å²) < 4.78 is 6.92. The number of hydrogen-bond acceptors (Lipinski definition) is 6. The second-order valence-corrected chi connectivity index (χ2v) is 9.45. The Kier molecular flexibility index (Phi) is 6.71. The van der Waals surface area contributed by atoms with Gasteiger partial charge in [-0.15, -0.1) is 5.16 Å². The van der Waals surface area contributed by atoms with Crippen molar-refractivity contribution in [2.45, 2.75) is 17.6 Å². The maximum absolute atomic E-state index is 12.5. The van der Waals surface area contributed by atoms with Crippen LogP contribution in [0.25, 0.3) is 11.0 Å². The van der Waals surface area contributed by atoms with E-state index in [9.17, 15) is 9.59 Å². The summed E-state index contributed by atoms with van der Waals surface area (Å²) in [5, 5.41) is 7.21. The molecule has 4 N–H and O–H groups in total. The van der Waals surface area contributed by atoms with E-state index >= 15 is 0 Å². The lowest BCUT2D eigenvalue weighted by Crippen LogP contribution is -2.41. The Labute approximate surface area is 210 Å². The summed E-state index contributed by atoms with van der Waals surface area (Å²) >= 11 is 6.37. The zero-order valence-electron chi connectivity index (χ0n) is 19.2. The fourth-order valence-electron chi connectivity index (χ4n) is 4.30. The van der Waals surface area contributed by atoms with Gasteiger partial charge in [0.05, 0.1) is 35.0 Å². The number of fused-ring (bicyclic) bond motifs is 1. The number of methoxy groups -OCH3 is 1. The van der Waals surface area contributed by atoms with Crippen LogP contribution in [0.1, 0.15) is 28.0 Å². The van der Waals surface area contributed by atoms with Gasteiger partial charge in [0.2, 0.25) is 5.91 Å². The first-order valence-electron chi connectivity index (χ1n) is 10.6. The molecule has 0 aliphatic carbocycles. The van der Waals surface area contributed by atoms with Crippen LogP contribution in [0.15, 0.2) is 31.1 Å². The number of carbonyl (C=O) groups excluding carboxylic acids is 2. The molecule has 1 fully saturated rings. The maximum atomic E-state index is 12.5. The van der Waals surface area contributed by atoms with Crippen LogP contribution >= 0.6 is 11.6 Å². The van der Waals surface area contributed by atoms with E-state index in [0.717, 1.165) is 5.52 Å². The number of anilines is 1. The van der Waals surface area contributed by atoms with Gasteiger partial charge in [-0.25, -0.2) is 4.98 Å². The maximum Gasteiger partial charge on any atom is 0.255 e. The monoisotopic (exact) mass is 508 g/mol. The van der Waals surface area contributed by atoms with Crippen molar-refractivity contribution in [3.8, 4) is 11.8 Å². The number of likely N-dealkylation sites (tertiary alicyclic amines) is 1. The average molecular weight is 509 g/mol. The molecule has 3 aromatic rings. The van der Waals surface area contributed by atoms with Gasteiger partial charge in [0.25, 0.3) is 5.91 Å². The number of benzene rings is 1. The van der Waals surface area contributed by atoms with E-state index in [1.807, 2.05) is 0 Å². The van der Waals surface area contributed by atoms with Crippen molar-refractivity contribution >= 4 is 50.5 Å². The number of rotatable bonds is 6. The van der Waals surface area contributed by atoms with Gasteiger partial charge < -0.3 is 35.9 Å². The van der Waals surface area contributed by atoms with Crippen LogP contribution in [0.5, 0.6) is 0 Å². The smallest absolute Gasteiger partial charge is 0.255 e. The first kappa shape index (κ1) is 24.5. The Morgan fingerprint density at radius 3 is 2.91 bits per heavy atom. The number of ether oxygens (including phenoxy) is 1. The Hall–Kier alpha value is -3.59. The molecule has 35 heavy (non-hydrogen) atoms. The second kappa shape index (κ2) is 9.57. The molecular formula is C23H23ClN7O3Si-.